The van der Waals surface area contributed by atoms with E-state index < -0.39 is 23.5 Å². The van der Waals surface area contributed by atoms with E-state index in [0.29, 0.717) is 19.6 Å². The molecular formula is C29H37N5O6. The third kappa shape index (κ3) is 5.34. The molecular weight excluding hydrogens is 514 g/mol. The molecule has 4 amide bonds. The number of amides is 4. The summed E-state index contributed by atoms with van der Waals surface area (Å²) in [5.74, 6) is -1.53. The molecule has 11 nitrogen and oxygen atoms in total. The number of nitrogens with one attached hydrogen (secondary N) is 2. The molecule has 1 saturated carbocycles. The maximum atomic E-state index is 13.8. The molecule has 3 aliphatic rings. The summed E-state index contributed by atoms with van der Waals surface area (Å²) in [6.45, 7) is 7.38. The minimum Gasteiger partial charge on any atom is -0.438 e. The summed E-state index contributed by atoms with van der Waals surface area (Å²) in [6, 6.07) is 8.63. The minimum absolute atomic E-state index is 0.00278. The number of likely N-dealkylation sites (N-methyl/N-ethyl adjacent to an activating group) is 1. The molecule has 214 valence electrons. The van der Waals surface area contributed by atoms with Gasteiger partial charge in [0, 0.05) is 44.6 Å². The highest BCUT2D eigenvalue weighted by Gasteiger charge is 2.62. The lowest BCUT2D eigenvalue weighted by molar-refractivity contribution is -0.152. The number of benzene rings is 1. The summed E-state index contributed by atoms with van der Waals surface area (Å²) in [4.78, 5) is 60.0. The van der Waals surface area contributed by atoms with E-state index in [0.717, 1.165) is 12.0 Å². The van der Waals surface area contributed by atoms with Crippen LogP contribution in [0.5, 0.6) is 0 Å². The average molecular weight is 552 g/mol. The molecule has 1 aliphatic carbocycles. The number of carbonyl (C=O) groups excluding carboxylic acids is 4. The molecule has 5 rings (SSSR count). The Bertz CT molecular complexity index is 1260. The number of hydrogen-bond acceptors (Lipinski definition) is 7. The van der Waals surface area contributed by atoms with Crippen LogP contribution in [-0.4, -0.2) is 83.8 Å². The molecule has 3 heterocycles. The second-order valence-corrected chi connectivity index (χ2v) is 12.0. The zero-order valence-electron chi connectivity index (χ0n) is 23.4. The smallest absolute Gasteiger partial charge is 0.291 e. The van der Waals surface area contributed by atoms with Crippen molar-refractivity contribution in [2.75, 3.05) is 33.2 Å². The fraction of sp³-hybridized carbons (Fsp3) is 0.552. The second kappa shape index (κ2) is 10.7. The molecule has 1 aromatic carbocycles. The van der Waals surface area contributed by atoms with Crippen LogP contribution in [0.3, 0.4) is 0 Å². The highest BCUT2D eigenvalue weighted by Crippen LogP contribution is 2.54. The molecule has 4 atom stereocenters. The van der Waals surface area contributed by atoms with E-state index in [9.17, 15) is 19.2 Å². The normalized spacial score (nSPS) is 23.7. The number of ether oxygens (including phenoxy) is 1. The highest BCUT2D eigenvalue weighted by molar-refractivity contribution is 5.94. The fourth-order valence-electron chi connectivity index (χ4n) is 5.96. The van der Waals surface area contributed by atoms with Crippen molar-refractivity contribution in [3.63, 3.8) is 0 Å². The predicted molar refractivity (Wildman–Crippen MR) is 143 cm³/mol. The molecule has 2 aliphatic heterocycles. The van der Waals surface area contributed by atoms with Crippen LogP contribution in [0.15, 0.2) is 47.3 Å². The molecule has 2 aromatic rings. The van der Waals surface area contributed by atoms with Crippen molar-refractivity contribution in [3.05, 3.63) is 54.2 Å². The van der Waals surface area contributed by atoms with Gasteiger partial charge >= 0.3 is 0 Å². The van der Waals surface area contributed by atoms with Crippen LogP contribution >= 0.6 is 0 Å². The Morgan fingerprint density at radius 3 is 2.38 bits per heavy atom. The van der Waals surface area contributed by atoms with E-state index in [1.807, 2.05) is 30.3 Å². The Morgan fingerprint density at radius 1 is 1.10 bits per heavy atom. The van der Waals surface area contributed by atoms with Crippen LogP contribution in [0.2, 0.25) is 0 Å². The summed E-state index contributed by atoms with van der Waals surface area (Å²) >= 11 is 0. The first-order chi connectivity index (χ1) is 19.0. The van der Waals surface area contributed by atoms with Crippen LogP contribution in [0.25, 0.3) is 0 Å². The van der Waals surface area contributed by atoms with Crippen molar-refractivity contribution in [2.24, 2.45) is 22.7 Å². The van der Waals surface area contributed by atoms with Gasteiger partial charge in [0.05, 0.1) is 24.8 Å². The van der Waals surface area contributed by atoms with Crippen molar-refractivity contribution in [3.8, 4) is 0 Å². The van der Waals surface area contributed by atoms with Crippen LogP contribution in [0.1, 0.15) is 43.3 Å². The third-order valence-electron chi connectivity index (χ3n) is 8.68. The molecule has 0 unspecified atom stereocenters. The van der Waals surface area contributed by atoms with Crippen molar-refractivity contribution in [1.29, 1.82) is 0 Å². The van der Waals surface area contributed by atoms with Crippen molar-refractivity contribution < 1.29 is 28.3 Å². The summed E-state index contributed by atoms with van der Waals surface area (Å²) in [5.41, 5.74) is 0.332. The van der Waals surface area contributed by atoms with Gasteiger partial charge in [0.15, 0.2) is 6.39 Å². The lowest BCUT2D eigenvalue weighted by Crippen LogP contribution is -2.65. The van der Waals surface area contributed by atoms with Gasteiger partial charge in [-0.15, -0.1) is 0 Å². The van der Waals surface area contributed by atoms with Gasteiger partial charge in [-0.05, 0) is 24.3 Å². The van der Waals surface area contributed by atoms with Gasteiger partial charge in [-0.25, -0.2) is 4.98 Å². The lowest BCUT2D eigenvalue weighted by atomic mass is 9.70. The van der Waals surface area contributed by atoms with Crippen molar-refractivity contribution in [1.82, 2.24) is 25.4 Å². The zero-order valence-corrected chi connectivity index (χ0v) is 23.4. The summed E-state index contributed by atoms with van der Waals surface area (Å²) in [5, 5.41) is 5.52. The van der Waals surface area contributed by atoms with E-state index in [2.05, 4.69) is 29.5 Å². The number of aromatic nitrogens is 1. The first-order valence-electron chi connectivity index (χ1n) is 13.7. The highest BCUT2D eigenvalue weighted by atomic mass is 16.5. The van der Waals surface area contributed by atoms with Gasteiger partial charge in [-0.3, -0.25) is 19.2 Å². The lowest BCUT2D eigenvalue weighted by Gasteiger charge is -2.50. The molecule has 1 aromatic heterocycles. The maximum Gasteiger partial charge on any atom is 0.291 e. The van der Waals surface area contributed by atoms with Crippen LogP contribution in [0, 0.1) is 22.7 Å². The van der Waals surface area contributed by atoms with Gasteiger partial charge in [0.1, 0.15) is 6.04 Å². The van der Waals surface area contributed by atoms with Gasteiger partial charge < -0.3 is 29.6 Å². The van der Waals surface area contributed by atoms with Gasteiger partial charge in [0.2, 0.25) is 23.5 Å². The molecule has 40 heavy (non-hydrogen) atoms. The molecule has 0 bridgehead atoms. The SMILES string of the molecule is CNC(=O)[C@@H](NC(=O)[C@H]1CN(C(=O)c2cnco2)CC12CN(C(=O)[C@H]1CC1(C)C)C2)[C@@H](C)OCc1ccccc1. The van der Waals surface area contributed by atoms with E-state index in [1.165, 1.54) is 19.6 Å². The topological polar surface area (TPSA) is 134 Å². The number of oxazole rings is 1. The van der Waals surface area contributed by atoms with E-state index in [4.69, 9.17) is 9.15 Å². The van der Waals surface area contributed by atoms with E-state index in [-0.39, 0.29) is 53.9 Å². The Labute approximate surface area is 233 Å². The molecule has 0 radical (unpaired) electrons. The Balaban J connectivity index is 1.31. The molecule has 11 heteroatoms. The van der Waals surface area contributed by atoms with Crippen molar-refractivity contribution in [2.45, 2.75) is 45.9 Å². The standard InChI is InChI=1S/C29H37N5O6/c1-18(39-13-19-8-6-5-7-9-19)23(25(36)30-4)32-24(35)21-12-33(27(38)22-11-31-17-40-22)14-29(21)15-34(16-29)26(37)20-10-28(20,2)3/h5-9,11,17-18,20-21,23H,10,12-16H2,1-4H3,(H,30,36)(H,32,35)/t18-,20-,21-,23+/m1/s1. The van der Waals surface area contributed by atoms with Gasteiger partial charge in [-0.2, -0.15) is 0 Å². The van der Waals surface area contributed by atoms with Crippen LogP contribution in [-0.2, 0) is 25.7 Å². The predicted octanol–water partition coefficient (Wildman–Crippen LogP) is 1.46. The number of rotatable bonds is 9. The Hall–Kier alpha value is -3.73. The minimum atomic E-state index is -0.942. The van der Waals surface area contributed by atoms with Crippen LogP contribution < -0.4 is 10.6 Å². The first-order valence-corrected chi connectivity index (χ1v) is 13.7. The quantitative estimate of drug-likeness (QED) is 0.482. The maximum absolute atomic E-state index is 13.8. The van der Waals surface area contributed by atoms with E-state index >= 15 is 0 Å². The molecule has 2 N–H and O–H groups in total. The number of hydrogen-bond donors (Lipinski definition) is 2. The van der Waals surface area contributed by atoms with Crippen molar-refractivity contribution >= 4 is 23.6 Å². The largest absolute Gasteiger partial charge is 0.438 e. The van der Waals surface area contributed by atoms with Gasteiger partial charge in [0.25, 0.3) is 5.91 Å². The second-order valence-electron chi connectivity index (χ2n) is 12.0. The molecule has 2 saturated heterocycles. The Kier molecular flexibility index (Phi) is 7.43. The number of likely N-dealkylation sites (tertiary alicyclic amines) is 2. The van der Waals surface area contributed by atoms with Gasteiger partial charge in [-0.1, -0.05) is 44.2 Å². The number of nitrogens with zero attached hydrogens (tertiary/aromatic N) is 3. The monoisotopic (exact) mass is 551 g/mol. The summed E-state index contributed by atoms with van der Waals surface area (Å²) in [6.07, 6.45) is 2.77. The zero-order chi connectivity index (χ0) is 28.7. The molecule has 1 spiro atoms. The average Bonchev–Trinajstić information content (AvgIpc) is 3.30. The third-order valence-corrected chi connectivity index (χ3v) is 8.68. The summed E-state index contributed by atoms with van der Waals surface area (Å²) in [7, 11) is 1.51. The number of carbonyl (C=O) groups is 4. The first kappa shape index (κ1) is 27.8. The summed E-state index contributed by atoms with van der Waals surface area (Å²) < 4.78 is 11.2. The molecule has 3 fully saturated rings. The van der Waals surface area contributed by atoms with E-state index in [1.54, 1.807) is 16.7 Å². The van der Waals surface area contributed by atoms with Crippen LogP contribution in [0.4, 0.5) is 0 Å². The Morgan fingerprint density at radius 2 is 1.77 bits per heavy atom. The fourth-order valence-corrected chi connectivity index (χ4v) is 5.96.